The molecule has 8 heteroatoms. The Labute approximate surface area is 240 Å². The van der Waals surface area contributed by atoms with Crippen LogP contribution in [0.3, 0.4) is 0 Å². The third-order valence-corrected chi connectivity index (χ3v) is 11.0. The van der Waals surface area contributed by atoms with E-state index in [0.717, 1.165) is 29.3 Å². The first-order chi connectivity index (χ1) is 19.3. The molecule has 2 aromatic carbocycles. The SMILES string of the molecule is C=CCN(CCC)C(=O)[C@@H]1[C@@H]2CC(C)C3(S2)C(C(=O)N(CC=C)c2ccc4ccccc4c2)N(CCO)C(=O)[C@H]13. The number of aliphatic hydroxyl groups excluding tert-OH is 1. The number of hydrogen-bond acceptors (Lipinski definition) is 5. The molecule has 1 N–H and O–H groups in total. The number of hydrogen-bond donors (Lipinski definition) is 1. The Morgan fingerprint density at radius 1 is 1.12 bits per heavy atom. The number of thioether (sulfide) groups is 1. The fourth-order valence-corrected chi connectivity index (χ4v) is 9.71. The van der Waals surface area contributed by atoms with Gasteiger partial charge < -0.3 is 19.8 Å². The van der Waals surface area contributed by atoms with E-state index in [-0.39, 0.29) is 48.6 Å². The molecule has 6 atom stereocenters. The van der Waals surface area contributed by atoms with Crippen molar-refractivity contribution < 1.29 is 19.5 Å². The summed E-state index contributed by atoms with van der Waals surface area (Å²) in [5.74, 6) is -1.46. The molecule has 40 heavy (non-hydrogen) atoms. The Kier molecular flexibility index (Phi) is 8.11. The standard InChI is InChI=1S/C32H39N3O4S/c1-5-14-33(15-6-2)29(37)26-25-19-21(4)32(40-25)27(26)30(38)35(17-18-36)28(32)31(39)34(16-7-3)24-13-12-22-10-8-9-11-23(22)20-24/h5,7-13,20-21,25-28,36H,1,3,6,14-19H2,2,4H3/t21?,25-,26+,27-,28?,32?/m0/s1. The third kappa shape index (κ3) is 4.36. The van der Waals surface area contributed by atoms with Gasteiger partial charge in [0, 0.05) is 37.1 Å². The number of rotatable bonds is 11. The van der Waals surface area contributed by atoms with Gasteiger partial charge in [0.25, 0.3) is 5.91 Å². The number of β-amino-alcohol motifs (C(OH)–C–C–N with tert-alkyl or cyclic N) is 1. The van der Waals surface area contributed by atoms with Crippen LogP contribution in [-0.4, -0.2) is 81.5 Å². The molecule has 3 saturated heterocycles. The summed E-state index contributed by atoms with van der Waals surface area (Å²) in [5, 5.41) is 12.1. The van der Waals surface area contributed by atoms with E-state index in [1.165, 1.54) is 0 Å². The minimum absolute atomic E-state index is 0.0269. The van der Waals surface area contributed by atoms with E-state index in [1.807, 2.05) is 49.4 Å². The average molecular weight is 562 g/mol. The fraction of sp³-hybridized carbons (Fsp3) is 0.469. The van der Waals surface area contributed by atoms with Crippen molar-refractivity contribution in [2.75, 3.05) is 37.7 Å². The molecular formula is C32H39N3O4S. The van der Waals surface area contributed by atoms with E-state index >= 15 is 0 Å². The Morgan fingerprint density at radius 3 is 2.52 bits per heavy atom. The normalized spacial score (nSPS) is 28.5. The Morgan fingerprint density at radius 2 is 1.85 bits per heavy atom. The molecule has 2 bridgehead atoms. The molecule has 1 spiro atoms. The van der Waals surface area contributed by atoms with Gasteiger partial charge in [-0.1, -0.05) is 56.3 Å². The van der Waals surface area contributed by atoms with Crippen LogP contribution >= 0.6 is 11.8 Å². The van der Waals surface area contributed by atoms with Gasteiger partial charge >= 0.3 is 0 Å². The first-order valence-electron chi connectivity index (χ1n) is 14.2. The number of carbonyl (C=O) groups is 3. The third-order valence-electron chi connectivity index (χ3n) is 8.88. The van der Waals surface area contributed by atoms with Crippen molar-refractivity contribution >= 4 is 45.9 Å². The smallest absolute Gasteiger partial charge is 0.251 e. The van der Waals surface area contributed by atoms with Gasteiger partial charge in [-0.05, 0) is 41.7 Å². The Balaban J connectivity index is 1.57. The van der Waals surface area contributed by atoms with Crippen molar-refractivity contribution in [1.82, 2.24) is 9.80 Å². The second kappa shape index (κ2) is 11.4. The number of nitrogens with zero attached hydrogens (tertiary/aromatic N) is 3. The van der Waals surface area contributed by atoms with E-state index in [0.29, 0.717) is 13.1 Å². The molecule has 212 valence electrons. The van der Waals surface area contributed by atoms with Gasteiger partial charge in [0.05, 0.1) is 23.2 Å². The lowest BCUT2D eigenvalue weighted by Gasteiger charge is -2.41. The molecule has 3 heterocycles. The Bertz CT molecular complexity index is 1330. The highest BCUT2D eigenvalue weighted by atomic mass is 32.2. The van der Waals surface area contributed by atoms with Gasteiger partial charge in [-0.25, -0.2) is 0 Å². The summed E-state index contributed by atoms with van der Waals surface area (Å²) in [6.07, 6.45) is 5.00. The molecule has 3 unspecified atom stereocenters. The highest BCUT2D eigenvalue weighted by Gasteiger charge is 2.76. The Hall–Kier alpha value is -3.10. The summed E-state index contributed by atoms with van der Waals surface area (Å²) < 4.78 is -0.739. The molecule has 0 aliphatic carbocycles. The number of aliphatic hydroxyl groups is 1. The summed E-state index contributed by atoms with van der Waals surface area (Å²) in [7, 11) is 0. The second-order valence-corrected chi connectivity index (χ2v) is 12.7. The molecule has 2 aromatic rings. The molecule has 0 radical (unpaired) electrons. The number of carbonyl (C=O) groups excluding carboxylic acids is 3. The number of amides is 3. The van der Waals surface area contributed by atoms with Gasteiger partial charge in [0.1, 0.15) is 6.04 Å². The molecular weight excluding hydrogens is 522 g/mol. The zero-order valence-electron chi connectivity index (χ0n) is 23.4. The van der Waals surface area contributed by atoms with Crippen molar-refractivity contribution in [3.05, 3.63) is 67.8 Å². The van der Waals surface area contributed by atoms with Gasteiger partial charge in [-0.2, -0.15) is 0 Å². The summed E-state index contributed by atoms with van der Waals surface area (Å²) in [6, 6.07) is 13.1. The van der Waals surface area contributed by atoms with Crippen LogP contribution in [0.15, 0.2) is 67.8 Å². The fourth-order valence-electron chi connectivity index (χ4n) is 7.30. The van der Waals surface area contributed by atoms with Crippen molar-refractivity contribution in [1.29, 1.82) is 0 Å². The van der Waals surface area contributed by atoms with Crippen LogP contribution in [-0.2, 0) is 14.4 Å². The maximum atomic E-state index is 14.7. The first-order valence-corrected chi connectivity index (χ1v) is 15.1. The molecule has 3 amide bonds. The molecule has 5 rings (SSSR count). The van der Waals surface area contributed by atoms with Crippen molar-refractivity contribution in [2.45, 2.75) is 42.7 Å². The minimum Gasteiger partial charge on any atom is -0.395 e. The summed E-state index contributed by atoms with van der Waals surface area (Å²) in [5.41, 5.74) is 0.734. The average Bonchev–Trinajstić information content (AvgIpc) is 3.54. The molecule has 3 aliphatic heterocycles. The maximum Gasteiger partial charge on any atom is 0.251 e. The molecule has 7 nitrogen and oxygen atoms in total. The van der Waals surface area contributed by atoms with Crippen LogP contribution in [0.2, 0.25) is 0 Å². The maximum absolute atomic E-state index is 14.7. The lowest BCUT2D eigenvalue weighted by Crippen LogP contribution is -2.58. The van der Waals surface area contributed by atoms with Crippen LogP contribution < -0.4 is 4.90 Å². The number of fused-ring (bicyclic) bond motifs is 2. The van der Waals surface area contributed by atoms with E-state index in [4.69, 9.17) is 0 Å². The van der Waals surface area contributed by atoms with Crippen molar-refractivity contribution in [3.8, 4) is 0 Å². The van der Waals surface area contributed by atoms with Crippen LogP contribution in [0, 0.1) is 17.8 Å². The van der Waals surface area contributed by atoms with Crippen LogP contribution in [0.25, 0.3) is 10.8 Å². The van der Waals surface area contributed by atoms with E-state index in [2.05, 4.69) is 20.1 Å². The van der Waals surface area contributed by atoms with E-state index in [9.17, 15) is 19.5 Å². The van der Waals surface area contributed by atoms with Gasteiger partial charge in [0.15, 0.2) is 0 Å². The summed E-state index contributed by atoms with van der Waals surface area (Å²) in [4.78, 5) is 47.9. The number of likely N-dealkylation sites (tertiary alicyclic amines) is 1. The molecule has 3 aliphatic rings. The van der Waals surface area contributed by atoms with E-state index in [1.54, 1.807) is 38.6 Å². The largest absolute Gasteiger partial charge is 0.395 e. The second-order valence-electron chi connectivity index (χ2n) is 11.1. The molecule has 0 saturated carbocycles. The van der Waals surface area contributed by atoms with Gasteiger partial charge in [0.2, 0.25) is 11.8 Å². The first kappa shape index (κ1) is 28.4. The lowest BCUT2D eigenvalue weighted by molar-refractivity contribution is -0.144. The highest BCUT2D eigenvalue weighted by Crippen LogP contribution is 2.68. The van der Waals surface area contributed by atoms with Crippen LogP contribution in [0.4, 0.5) is 5.69 Å². The van der Waals surface area contributed by atoms with Crippen molar-refractivity contribution in [3.63, 3.8) is 0 Å². The van der Waals surface area contributed by atoms with Crippen LogP contribution in [0.1, 0.15) is 26.7 Å². The summed E-state index contributed by atoms with van der Waals surface area (Å²) >= 11 is 1.66. The summed E-state index contributed by atoms with van der Waals surface area (Å²) in [6.45, 7) is 13.0. The predicted molar refractivity (Wildman–Crippen MR) is 161 cm³/mol. The molecule has 3 fully saturated rings. The monoisotopic (exact) mass is 561 g/mol. The zero-order valence-corrected chi connectivity index (χ0v) is 24.2. The van der Waals surface area contributed by atoms with E-state index < -0.39 is 22.6 Å². The quantitative estimate of drug-likeness (QED) is 0.418. The predicted octanol–water partition coefficient (Wildman–Crippen LogP) is 4.11. The zero-order chi connectivity index (χ0) is 28.6. The minimum atomic E-state index is -0.787. The van der Waals surface area contributed by atoms with Crippen LogP contribution in [0.5, 0.6) is 0 Å². The van der Waals surface area contributed by atoms with Gasteiger partial charge in [-0.15, -0.1) is 24.9 Å². The highest BCUT2D eigenvalue weighted by molar-refractivity contribution is 8.02. The van der Waals surface area contributed by atoms with Gasteiger partial charge in [-0.3, -0.25) is 14.4 Å². The number of anilines is 1. The van der Waals surface area contributed by atoms with Crippen molar-refractivity contribution in [2.24, 2.45) is 17.8 Å². The number of benzene rings is 2. The molecule has 0 aromatic heterocycles. The lowest BCUT2D eigenvalue weighted by atomic mass is 9.65. The topological polar surface area (TPSA) is 81.2 Å².